The second kappa shape index (κ2) is 6.97. The molecule has 0 radical (unpaired) electrons. The van der Waals surface area contributed by atoms with Crippen molar-refractivity contribution in [2.24, 2.45) is 12.8 Å². The monoisotopic (exact) mass is 241 g/mol. The molecule has 0 aliphatic carbocycles. The van der Waals surface area contributed by atoms with E-state index in [9.17, 15) is 0 Å². The van der Waals surface area contributed by atoms with Gasteiger partial charge in [0.2, 0.25) is 0 Å². The van der Waals surface area contributed by atoms with E-state index in [2.05, 4.69) is 18.9 Å². The van der Waals surface area contributed by atoms with Gasteiger partial charge in [-0.15, -0.1) is 11.8 Å². The Morgan fingerprint density at radius 3 is 2.75 bits per heavy atom. The first-order valence-electron chi connectivity index (χ1n) is 6.06. The van der Waals surface area contributed by atoms with Crippen molar-refractivity contribution in [1.29, 1.82) is 0 Å². The van der Waals surface area contributed by atoms with Crippen LogP contribution >= 0.6 is 11.8 Å². The van der Waals surface area contributed by atoms with Gasteiger partial charge in [0.1, 0.15) is 0 Å². The van der Waals surface area contributed by atoms with Crippen LogP contribution in [0.2, 0.25) is 0 Å². The van der Waals surface area contributed by atoms with Crippen molar-refractivity contribution in [2.45, 2.75) is 44.6 Å². The maximum absolute atomic E-state index is 5.64. The van der Waals surface area contributed by atoms with Crippen molar-refractivity contribution in [3.05, 3.63) is 11.3 Å². The summed E-state index contributed by atoms with van der Waals surface area (Å²) in [4.78, 5) is 0. The third-order valence-corrected chi connectivity index (χ3v) is 3.95. The molecule has 3 nitrogen and oxygen atoms in total. The maximum atomic E-state index is 5.64. The highest BCUT2D eigenvalue weighted by atomic mass is 32.2. The first-order chi connectivity index (χ1) is 7.70. The molecule has 4 heteroatoms. The Bertz CT molecular complexity index is 320. The number of unbranched alkanes of at least 4 members (excludes halogenated alkanes) is 2. The third kappa shape index (κ3) is 3.52. The van der Waals surface area contributed by atoms with Gasteiger partial charge in [0.15, 0.2) is 0 Å². The predicted molar refractivity (Wildman–Crippen MR) is 71.0 cm³/mol. The van der Waals surface area contributed by atoms with Crippen LogP contribution in [0.1, 0.15) is 37.4 Å². The maximum Gasteiger partial charge on any atom is 0.0971 e. The molecule has 92 valence electrons. The molecule has 0 unspecified atom stereocenters. The molecule has 0 aromatic carbocycles. The van der Waals surface area contributed by atoms with Crippen LogP contribution in [0.25, 0.3) is 0 Å². The van der Waals surface area contributed by atoms with E-state index < -0.39 is 0 Å². The Morgan fingerprint density at radius 2 is 2.12 bits per heavy atom. The molecule has 0 saturated carbocycles. The summed E-state index contributed by atoms with van der Waals surface area (Å²) in [5.41, 5.74) is 8.11. The van der Waals surface area contributed by atoms with E-state index in [0.29, 0.717) is 6.54 Å². The molecule has 1 aromatic heterocycles. The minimum atomic E-state index is 0.703. The lowest BCUT2D eigenvalue weighted by molar-refractivity contribution is 0.686. The molecule has 1 aromatic rings. The van der Waals surface area contributed by atoms with E-state index in [1.165, 1.54) is 35.6 Å². The molecule has 0 atom stereocenters. The number of nitrogens with two attached hydrogens (primary N) is 1. The topological polar surface area (TPSA) is 43.8 Å². The van der Waals surface area contributed by atoms with Crippen LogP contribution in [0.4, 0.5) is 0 Å². The van der Waals surface area contributed by atoms with Crippen molar-refractivity contribution in [2.75, 3.05) is 12.3 Å². The minimum Gasteiger partial charge on any atom is -0.330 e. The summed E-state index contributed by atoms with van der Waals surface area (Å²) < 4.78 is 2.00. The van der Waals surface area contributed by atoms with Gasteiger partial charge >= 0.3 is 0 Å². The molecule has 2 N–H and O–H groups in total. The van der Waals surface area contributed by atoms with E-state index in [-0.39, 0.29) is 0 Å². The molecular formula is C12H23N3S. The summed E-state index contributed by atoms with van der Waals surface area (Å²) in [7, 11) is 2.02. The Morgan fingerprint density at radius 1 is 1.38 bits per heavy atom. The average Bonchev–Trinajstić information content (AvgIpc) is 2.51. The number of nitrogens with zero attached hydrogens (tertiary/aromatic N) is 2. The van der Waals surface area contributed by atoms with Crippen molar-refractivity contribution < 1.29 is 0 Å². The fourth-order valence-corrected chi connectivity index (χ4v) is 3.01. The SMILES string of the molecule is CCCCCSc1c(CCN)c(C)nn1C. The Kier molecular flexibility index (Phi) is 5.91. The van der Waals surface area contributed by atoms with Gasteiger partial charge in [-0.05, 0) is 32.1 Å². The van der Waals surface area contributed by atoms with Gasteiger partial charge in [-0.25, -0.2) is 0 Å². The van der Waals surface area contributed by atoms with Gasteiger partial charge in [0, 0.05) is 12.6 Å². The summed E-state index contributed by atoms with van der Waals surface area (Å²) >= 11 is 1.92. The second-order valence-corrected chi connectivity index (χ2v) is 5.17. The van der Waals surface area contributed by atoms with Crippen LogP contribution in [0.15, 0.2) is 5.03 Å². The molecule has 0 fully saturated rings. The molecule has 1 rings (SSSR count). The molecular weight excluding hydrogens is 218 g/mol. The number of aryl methyl sites for hydroxylation is 2. The average molecular weight is 241 g/mol. The highest BCUT2D eigenvalue weighted by Gasteiger charge is 2.12. The lowest BCUT2D eigenvalue weighted by atomic mass is 10.2. The van der Waals surface area contributed by atoms with E-state index in [1.54, 1.807) is 0 Å². The lowest BCUT2D eigenvalue weighted by Gasteiger charge is -2.05. The molecule has 0 spiro atoms. The number of aromatic nitrogens is 2. The summed E-state index contributed by atoms with van der Waals surface area (Å²) in [6.45, 7) is 5.01. The Labute approximate surface area is 103 Å². The summed E-state index contributed by atoms with van der Waals surface area (Å²) in [5, 5.41) is 5.77. The van der Waals surface area contributed by atoms with Gasteiger partial charge in [-0.2, -0.15) is 5.10 Å². The van der Waals surface area contributed by atoms with E-state index in [4.69, 9.17) is 5.73 Å². The summed E-state index contributed by atoms with van der Waals surface area (Å²) in [6, 6.07) is 0. The number of hydrogen-bond acceptors (Lipinski definition) is 3. The molecule has 16 heavy (non-hydrogen) atoms. The third-order valence-electron chi connectivity index (χ3n) is 2.67. The Hall–Kier alpha value is -0.480. The number of thioether (sulfide) groups is 1. The zero-order chi connectivity index (χ0) is 12.0. The molecule has 0 bridgehead atoms. The fraction of sp³-hybridized carbons (Fsp3) is 0.750. The van der Waals surface area contributed by atoms with Crippen LogP contribution in [-0.4, -0.2) is 22.1 Å². The minimum absolute atomic E-state index is 0.703. The summed E-state index contributed by atoms with van der Waals surface area (Å²) in [6.07, 6.45) is 4.82. The van der Waals surface area contributed by atoms with Crippen LogP contribution in [-0.2, 0) is 13.5 Å². The summed E-state index contributed by atoms with van der Waals surface area (Å²) in [5.74, 6) is 1.18. The van der Waals surface area contributed by atoms with Gasteiger partial charge in [0.05, 0.1) is 10.7 Å². The van der Waals surface area contributed by atoms with Gasteiger partial charge < -0.3 is 5.73 Å². The zero-order valence-electron chi connectivity index (χ0n) is 10.6. The first kappa shape index (κ1) is 13.6. The highest BCUT2D eigenvalue weighted by Crippen LogP contribution is 2.26. The molecule has 0 aliphatic heterocycles. The smallest absolute Gasteiger partial charge is 0.0971 e. The predicted octanol–water partition coefficient (Wildman–Crippen LogP) is 2.51. The first-order valence-corrected chi connectivity index (χ1v) is 7.04. The number of rotatable bonds is 7. The van der Waals surface area contributed by atoms with Crippen LogP contribution in [0, 0.1) is 6.92 Å². The van der Waals surface area contributed by atoms with Gasteiger partial charge in [0.25, 0.3) is 0 Å². The van der Waals surface area contributed by atoms with E-state index >= 15 is 0 Å². The van der Waals surface area contributed by atoms with Crippen molar-refractivity contribution in [3.8, 4) is 0 Å². The van der Waals surface area contributed by atoms with Gasteiger partial charge in [-0.3, -0.25) is 4.68 Å². The van der Waals surface area contributed by atoms with Crippen molar-refractivity contribution in [3.63, 3.8) is 0 Å². The highest BCUT2D eigenvalue weighted by molar-refractivity contribution is 7.99. The lowest BCUT2D eigenvalue weighted by Crippen LogP contribution is -2.04. The van der Waals surface area contributed by atoms with Gasteiger partial charge in [-0.1, -0.05) is 19.8 Å². The van der Waals surface area contributed by atoms with Crippen LogP contribution in [0.5, 0.6) is 0 Å². The largest absolute Gasteiger partial charge is 0.330 e. The number of hydrogen-bond donors (Lipinski definition) is 1. The fourth-order valence-electron chi connectivity index (χ4n) is 1.81. The second-order valence-electron chi connectivity index (χ2n) is 4.09. The molecule has 0 amide bonds. The van der Waals surface area contributed by atoms with Crippen LogP contribution in [0.3, 0.4) is 0 Å². The molecule has 0 saturated heterocycles. The zero-order valence-corrected chi connectivity index (χ0v) is 11.4. The van der Waals surface area contributed by atoms with Crippen molar-refractivity contribution >= 4 is 11.8 Å². The van der Waals surface area contributed by atoms with Crippen molar-refractivity contribution in [1.82, 2.24) is 9.78 Å². The quantitative estimate of drug-likeness (QED) is 0.589. The molecule has 1 heterocycles. The normalized spacial score (nSPS) is 11.0. The standard InChI is InChI=1S/C12H23N3S/c1-4-5-6-9-16-12-11(7-8-13)10(2)14-15(12)3/h4-9,13H2,1-3H3. The molecule has 0 aliphatic rings. The van der Waals surface area contributed by atoms with E-state index in [1.807, 2.05) is 23.5 Å². The Balaban J connectivity index is 2.62. The van der Waals surface area contributed by atoms with Crippen LogP contribution < -0.4 is 5.73 Å². The van der Waals surface area contributed by atoms with E-state index in [0.717, 1.165) is 12.1 Å².